The summed E-state index contributed by atoms with van der Waals surface area (Å²) in [6.45, 7) is 14.3. The lowest BCUT2D eigenvalue weighted by Crippen LogP contribution is -2.23. The Morgan fingerprint density at radius 1 is 1.03 bits per heavy atom. The van der Waals surface area contributed by atoms with Gasteiger partial charge < -0.3 is 4.74 Å². The number of ether oxygens (including phenoxy) is 1. The van der Waals surface area contributed by atoms with Gasteiger partial charge in [0, 0.05) is 34.9 Å². The van der Waals surface area contributed by atoms with E-state index in [0.717, 1.165) is 44.7 Å². The summed E-state index contributed by atoms with van der Waals surface area (Å²) in [6, 6.07) is 3.77. The van der Waals surface area contributed by atoms with Crippen molar-refractivity contribution in [1.82, 2.24) is 24.5 Å². The fraction of sp³-hybridized carbons (Fsp3) is 0.346. The Labute approximate surface area is 217 Å². The van der Waals surface area contributed by atoms with E-state index in [4.69, 9.17) is 9.72 Å². The Morgan fingerprint density at radius 3 is 2.40 bits per heavy atom. The van der Waals surface area contributed by atoms with Crippen molar-refractivity contribution in [2.45, 2.75) is 60.5 Å². The van der Waals surface area contributed by atoms with Crippen LogP contribution >= 0.6 is 27.3 Å². The second-order valence-corrected chi connectivity index (χ2v) is 11.4. The molecule has 0 aromatic carbocycles. The van der Waals surface area contributed by atoms with Crippen LogP contribution in [0, 0.1) is 27.7 Å². The number of pyridine rings is 2. The Bertz CT molecular complexity index is 1470. The van der Waals surface area contributed by atoms with Gasteiger partial charge in [0.25, 0.3) is 5.56 Å². The molecule has 0 saturated heterocycles. The summed E-state index contributed by atoms with van der Waals surface area (Å²) in [7, 11) is 0. The smallest absolute Gasteiger partial charge is 0.273 e. The Morgan fingerprint density at radius 2 is 1.74 bits per heavy atom. The largest absolute Gasteiger partial charge is 0.486 e. The lowest BCUT2D eigenvalue weighted by Gasteiger charge is -2.19. The lowest BCUT2D eigenvalue weighted by atomic mass is 9.95. The molecular formula is C26H28BrN5O2S. The first-order valence-corrected chi connectivity index (χ1v) is 12.9. The van der Waals surface area contributed by atoms with E-state index in [-0.39, 0.29) is 11.0 Å². The van der Waals surface area contributed by atoms with Gasteiger partial charge in [-0.3, -0.25) is 14.3 Å². The highest BCUT2D eigenvalue weighted by molar-refractivity contribution is 9.10. The second kappa shape index (κ2) is 9.62. The van der Waals surface area contributed by atoms with Crippen LogP contribution in [0.4, 0.5) is 0 Å². The molecule has 4 aromatic heterocycles. The summed E-state index contributed by atoms with van der Waals surface area (Å²) in [5, 5.41) is 2.94. The normalized spacial score (nSPS) is 11.7. The molecule has 182 valence electrons. The summed E-state index contributed by atoms with van der Waals surface area (Å²) in [5.41, 5.74) is 5.18. The number of hydrogen-bond acceptors (Lipinski definition) is 7. The van der Waals surface area contributed by atoms with E-state index in [1.807, 2.05) is 51.4 Å². The summed E-state index contributed by atoms with van der Waals surface area (Å²) in [6.07, 6.45) is 3.60. The highest BCUT2D eigenvalue weighted by Gasteiger charge is 2.21. The van der Waals surface area contributed by atoms with Crippen molar-refractivity contribution < 1.29 is 4.74 Å². The third-order valence-corrected chi connectivity index (χ3v) is 7.10. The van der Waals surface area contributed by atoms with Crippen molar-refractivity contribution in [2.75, 3.05) is 0 Å². The van der Waals surface area contributed by atoms with Gasteiger partial charge in [-0.1, -0.05) is 20.8 Å². The molecule has 9 heteroatoms. The number of nitrogens with zero attached hydrogens (tertiary/aromatic N) is 5. The van der Waals surface area contributed by atoms with Crippen LogP contribution in [-0.2, 0) is 12.0 Å². The van der Waals surface area contributed by atoms with Gasteiger partial charge in [-0.2, -0.15) is 0 Å². The van der Waals surface area contributed by atoms with Gasteiger partial charge >= 0.3 is 0 Å². The third-order valence-electron chi connectivity index (χ3n) is 5.54. The predicted molar refractivity (Wildman–Crippen MR) is 143 cm³/mol. The molecule has 0 fully saturated rings. The topological polar surface area (TPSA) is 82.8 Å². The monoisotopic (exact) mass is 553 g/mol. The summed E-state index contributed by atoms with van der Waals surface area (Å²) < 4.78 is 7.96. The number of hydrogen-bond donors (Lipinski definition) is 0. The average Bonchev–Trinajstić information content (AvgIpc) is 3.21. The van der Waals surface area contributed by atoms with Crippen LogP contribution in [0.3, 0.4) is 0 Å². The van der Waals surface area contributed by atoms with Crippen LogP contribution in [0.2, 0.25) is 0 Å². The first-order valence-electron chi connectivity index (χ1n) is 11.2. The number of rotatable bonds is 5. The summed E-state index contributed by atoms with van der Waals surface area (Å²) >= 11 is 5.03. The van der Waals surface area contributed by atoms with E-state index in [1.165, 1.54) is 0 Å². The predicted octanol–water partition coefficient (Wildman–Crippen LogP) is 6.02. The maximum atomic E-state index is 13.5. The molecule has 0 bridgehead atoms. The summed E-state index contributed by atoms with van der Waals surface area (Å²) in [5.74, 6) is 1.23. The van der Waals surface area contributed by atoms with Gasteiger partial charge in [0.2, 0.25) is 0 Å². The molecule has 0 N–H and O–H groups in total. The van der Waals surface area contributed by atoms with Gasteiger partial charge in [0.05, 0.1) is 27.8 Å². The maximum absolute atomic E-state index is 13.5. The van der Waals surface area contributed by atoms with Crippen molar-refractivity contribution in [2.24, 2.45) is 0 Å². The zero-order valence-corrected chi connectivity index (χ0v) is 23.3. The quantitative estimate of drug-likeness (QED) is 0.300. The van der Waals surface area contributed by atoms with Crippen LogP contribution in [0.25, 0.3) is 17.1 Å². The highest BCUT2D eigenvalue weighted by atomic mass is 79.9. The Hall–Kier alpha value is -2.91. The molecule has 0 amide bonds. The lowest BCUT2D eigenvalue weighted by molar-refractivity contribution is 0.298. The van der Waals surface area contributed by atoms with Crippen LogP contribution in [0.15, 0.2) is 39.2 Å². The molecule has 7 nitrogen and oxygen atoms in total. The van der Waals surface area contributed by atoms with Gasteiger partial charge in [-0.15, -0.1) is 11.3 Å². The minimum absolute atomic E-state index is 0.193. The molecule has 0 aliphatic carbocycles. The molecule has 0 aliphatic heterocycles. The Kier molecular flexibility index (Phi) is 6.92. The molecule has 0 spiro atoms. The zero-order chi connectivity index (χ0) is 25.5. The highest BCUT2D eigenvalue weighted by Crippen LogP contribution is 2.29. The number of thiazole rings is 1. The van der Waals surface area contributed by atoms with Crippen molar-refractivity contribution in [3.05, 3.63) is 78.1 Å². The van der Waals surface area contributed by atoms with Gasteiger partial charge in [-0.25, -0.2) is 15.0 Å². The fourth-order valence-electron chi connectivity index (χ4n) is 3.66. The van der Waals surface area contributed by atoms with Crippen molar-refractivity contribution >= 4 is 27.3 Å². The third kappa shape index (κ3) is 5.21. The minimum atomic E-state index is -0.204. The Balaban J connectivity index is 1.76. The first kappa shape index (κ1) is 25.2. The number of halogens is 1. The van der Waals surface area contributed by atoms with Gasteiger partial charge in [0.1, 0.15) is 22.7 Å². The molecule has 0 atom stereocenters. The molecular weight excluding hydrogens is 526 g/mol. The van der Waals surface area contributed by atoms with E-state index in [1.54, 1.807) is 22.1 Å². The summed E-state index contributed by atoms with van der Waals surface area (Å²) in [4.78, 5) is 31.8. The van der Waals surface area contributed by atoms with Gasteiger partial charge in [-0.05, 0) is 60.8 Å². The SMILES string of the molecule is Cc1nc(COc2cc(C)n(-c3cc(-c4nc(C(C)(C)C)ncc4C)ncc3C)c(=O)c2Br)cs1. The molecule has 4 heterocycles. The van der Waals surface area contributed by atoms with Crippen molar-refractivity contribution in [3.8, 4) is 22.8 Å². The molecule has 0 unspecified atom stereocenters. The molecule has 0 radical (unpaired) electrons. The molecule has 35 heavy (non-hydrogen) atoms. The van der Waals surface area contributed by atoms with E-state index < -0.39 is 0 Å². The van der Waals surface area contributed by atoms with Gasteiger partial charge in [0.15, 0.2) is 0 Å². The van der Waals surface area contributed by atoms with E-state index >= 15 is 0 Å². The minimum Gasteiger partial charge on any atom is -0.486 e. The van der Waals surface area contributed by atoms with Crippen molar-refractivity contribution in [3.63, 3.8) is 0 Å². The molecule has 4 aromatic rings. The molecule has 4 rings (SSSR count). The first-order chi connectivity index (χ1) is 16.5. The number of aryl methyl sites for hydroxylation is 4. The van der Waals surface area contributed by atoms with Crippen LogP contribution in [0.1, 0.15) is 54.1 Å². The molecule has 0 aliphatic rings. The van der Waals surface area contributed by atoms with E-state index in [2.05, 4.69) is 51.7 Å². The standard InChI is InChI=1S/C26H28BrN5O2S/c1-14-10-28-19(23-15(2)11-29-25(31-23)26(5,6)7)9-20(14)32-16(3)8-21(22(27)24(32)33)34-12-18-13-35-17(4)30-18/h8-11,13H,12H2,1-7H3. The van der Waals surface area contributed by atoms with E-state index in [9.17, 15) is 4.79 Å². The fourth-order valence-corrected chi connectivity index (χ4v) is 4.66. The average molecular weight is 555 g/mol. The number of aromatic nitrogens is 5. The zero-order valence-electron chi connectivity index (χ0n) is 20.9. The molecule has 0 saturated carbocycles. The van der Waals surface area contributed by atoms with Crippen molar-refractivity contribution in [1.29, 1.82) is 0 Å². The van der Waals surface area contributed by atoms with Crippen LogP contribution < -0.4 is 10.3 Å². The van der Waals surface area contributed by atoms with Crippen LogP contribution in [0.5, 0.6) is 5.75 Å². The van der Waals surface area contributed by atoms with E-state index in [0.29, 0.717) is 22.5 Å². The van der Waals surface area contributed by atoms with Crippen LogP contribution in [-0.4, -0.2) is 24.5 Å². The second-order valence-electron chi connectivity index (χ2n) is 9.58. The maximum Gasteiger partial charge on any atom is 0.273 e.